The predicted octanol–water partition coefficient (Wildman–Crippen LogP) is 3.13. The standard InChI is InChI=1S/C15H23NO3/c1-15(6-4-3-5-7-15)11-16-9-13-8-12(10-19-13)14(17)18-2/h8,10,16H,3-7,9,11H2,1-2H3. The lowest BCUT2D eigenvalue weighted by molar-refractivity contribution is 0.0600. The number of furan rings is 1. The van der Waals surface area contributed by atoms with Crippen molar-refractivity contribution < 1.29 is 13.9 Å². The van der Waals surface area contributed by atoms with Gasteiger partial charge in [-0.15, -0.1) is 0 Å². The largest absolute Gasteiger partial charge is 0.467 e. The fraction of sp³-hybridized carbons (Fsp3) is 0.667. The SMILES string of the molecule is COC(=O)c1coc(CNCC2(C)CCCCC2)c1. The van der Waals surface area contributed by atoms with Gasteiger partial charge in [0, 0.05) is 6.54 Å². The van der Waals surface area contributed by atoms with Crippen LogP contribution < -0.4 is 5.32 Å². The van der Waals surface area contributed by atoms with Gasteiger partial charge in [-0.1, -0.05) is 26.2 Å². The molecular formula is C15H23NO3. The Morgan fingerprint density at radius 2 is 2.16 bits per heavy atom. The Hall–Kier alpha value is -1.29. The molecule has 0 radical (unpaired) electrons. The summed E-state index contributed by atoms with van der Waals surface area (Å²) in [5.41, 5.74) is 0.888. The zero-order chi connectivity index (χ0) is 13.7. The maximum atomic E-state index is 11.3. The van der Waals surface area contributed by atoms with Crippen LogP contribution in [-0.2, 0) is 11.3 Å². The van der Waals surface area contributed by atoms with Gasteiger partial charge in [-0.05, 0) is 24.3 Å². The minimum Gasteiger partial charge on any atom is -0.467 e. The van der Waals surface area contributed by atoms with Crippen LogP contribution in [0.2, 0.25) is 0 Å². The normalized spacial score (nSPS) is 18.2. The van der Waals surface area contributed by atoms with Crippen LogP contribution in [0.4, 0.5) is 0 Å². The van der Waals surface area contributed by atoms with Crippen LogP contribution in [-0.4, -0.2) is 19.6 Å². The fourth-order valence-electron chi connectivity index (χ4n) is 2.77. The third-order valence-corrected chi connectivity index (χ3v) is 3.99. The van der Waals surface area contributed by atoms with Crippen molar-refractivity contribution in [2.45, 2.75) is 45.6 Å². The molecule has 1 fully saturated rings. The van der Waals surface area contributed by atoms with Crippen LogP contribution in [0.3, 0.4) is 0 Å². The van der Waals surface area contributed by atoms with Crippen molar-refractivity contribution >= 4 is 5.97 Å². The van der Waals surface area contributed by atoms with Crippen molar-refractivity contribution in [1.29, 1.82) is 0 Å². The third-order valence-electron chi connectivity index (χ3n) is 3.99. The summed E-state index contributed by atoms with van der Waals surface area (Å²) in [5, 5.41) is 3.44. The van der Waals surface area contributed by atoms with Gasteiger partial charge in [0.05, 0.1) is 19.2 Å². The van der Waals surface area contributed by atoms with Crippen LogP contribution in [0.5, 0.6) is 0 Å². The zero-order valence-corrected chi connectivity index (χ0v) is 11.8. The summed E-state index contributed by atoms with van der Waals surface area (Å²) in [6.07, 6.45) is 8.09. The second-order valence-corrected chi connectivity index (χ2v) is 5.77. The Bertz CT molecular complexity index is 419. The Kier molecular flexibility index (Phi) is 4.64. The molecule has 1 heterocycles. The number of hydrogen-bond acceptors (Lipinski definition) is 4. The fourth-order valence-corrected chi connectivity index (χ4v) is 2.77. The lowest BCUT2D eigenvalue weighted by Gasteiger charge is -2.33. The van der Waals surface area contributed by atoms with Crippen LogP contribution >= 0.6 is 0 Å². The zero-order valence-electron chi connectivity index (χ0n) is 11.8. The van der Waals surface area contributed by atoms with Gasteiger partial charge in [0.15, 0.2) is 0 Å². The molecule has 1 aliphatic rings. The molecular weight excluding hydrogens is 242 g/mol. The van der Waals surface area contributed by atoms with E-state index in [1.165, 1.54) is 45.5 Å². The molecule has 0 aromatic carbocycles. The summed E-state index contributed by atoms with van der Waals surface area (Å²) < 4.78 is 9.99. The van der Waals surface area contributed by atoms with Crippen LogP contribution in [0, 0.1) is 5.41 Å². The molecule has 0 bridgehead atoms. The molecule has 106 valence electrons. The molecule has 0 spiro atoms. The number of methoxy groups -OCH3 is 1. The van der Waals surface area contributed by atoms with E-state index in [0.717, 1.165) is 12.3 Å². The summed E-state index contributed by atoms with van der Waals surface area (Å²) in [7, 11) is 1.37. The van der Waals surface area contributed by atoms with E-state index in [1.807, 2.05) is 0 Å². The maximum Gasteiger partial charge on any atom is 0.341 e. The minimum atomic E-state index is -0.353. The van der Waals surface area contributed by atoms with E-state index < -0.39 is 0 Å². The first-order valence-corrected chi connectivity index (χ1v) is 6.99. The van der Waals surface area contributed by atoms with Crippen LogP contribution in [0.15, 0.2) is 16.7 Å². The summed E-state index contributed by atoms with van der Waals surface area (Å²) in [6, 6.07) is 1.74. The molecule has 1 aromatic heterocycles. The molecule has 1 aromatic rings. The van der Waals surface area contributed by atoms with Crippen molar-refractivity contribution in [3.05, 3.63) is 23.7 Å². The van der Waals surface area contributed by atoms with Crippen LogP contribution in [0.25, 0.3) is 0 Å². The van der Waals surface area contributed by atoms with Crippen molar-refractivity contribution in [2.24, 2.45) is 5.41 Å². The Morgan fingerprint density at radius 3 is 2.84 bits per heavy atom. The highest BCUT2D eigenvalue weighted by Crippen LogP contribution is 2.34. The number of carbonyl (C=O) groups excluding carboxylic acids is 1. The number of carbonyl (C=O) groups is 1. The maximum absolute atomic E-state index is 11.3. The van der Waals surface area contributed by atoms with Gasteiger partial charge in [0.1, 0.15) is 12.0 Å². The topological polar surface area (TPSA) is 51.5 Å². The number of ether oxygens (including phenoxy) is 1. The highest BCUT2D eigenvalue weighted by Gasteiger charge is 2.26. The van der Waals surface area contributed by atoms with Gasteiger partial charge >= 0.3 is 5.97 Å². The number of rotatable bonds is 5. The number of nitrogens with one attached hydrogen (secondary N) is 1. The average molecular weight is 265 g/mol. The van der Waals surface area contributed by atoms with E-state index in [0.29, 0.717) is 17.5 Å². The third kappa shape index (κ3) is 3.83. The van der Waals surface area contributed by atoms with Crippen molar-refractivity contribution in [1.82, 2.24) is 5.32 Å². The molecule has 19 heavy (non-hydrogen) atoms. The molecule has 2 rings (SSSR count). The van der Waals surface area contributed by atoms with Gasteiger partial charge in [-0.3, -0.25) is 0 Å². The van der Waals surface area contributed by atoms with E-state index in [4.69, 9.17) is 4.42 Å². The summed E-state index contributed by atoms with van der Waals surface area (Å²) in [6.45, 7) is 4.01. The minimum absolute atomic E-state index is 0.353. The molecule has 1 saturated carbocycles. The van der Waals surface area contributed by atoms with Gasteiger partial charge in [-0.25, -0.2) is 4.79 Å². The van der Waals surface area contributed by atoms with Gasteiger partial charge in [-0.2, -0.15) is 0 Å². The first-order chi connectivity index (χ1) is 9.13. The molecule has 1 N–H and O–H groups in total. The molecule has 1 aliphatic carbocycles. The molecule has 0 amide bonds. The van der Waals surface area contributed by atoms with Crippen molar-refractivity contribution in [3.8, 4) is 0 Å². The van der Waals surface area contributed by atoms with E-state index >= 15 is 0 Å². The monoisotopic (exact) mass is 265 g/mol. The molecule has 0 saturated heterocycles. The second-order valence-electron chi connectivity index (χ2n) is 5.77. The Labute approximate surface area is 114 Å². The number of hydrogen-bond donors (Lipinski definition) is 1. The van der Waals surface area contributed by atoms with E-state index in [9.17, 15) is 4.79 Å². The van der Waals surface area contributed by atoms with Crippen molar-refractivity contribution in [2.75, 3.05) is 13.7 Å². The molecule has 0 unspecified atom stereocenters. The highest BCUT2D eigenvalue weighted by atomic mass is 16.5. The summed E-state index contributed by atoms with van der Waals surface area (Å²) in [5.74, 6) is 0.425. The van der Waals surface area contributed by atoms with Crippen LogP contribution in [0.1, 0.15) is 55.1 Å². The molecule has 4 nitrogen and oxygen atoms in total. The average Bonchev–Trinajstić information content (AvgIpc) is 2.87. The number of esters is 1. The quantitative estimate of drug-likeness (QED) is 0.831. The van der Waals surface area contributed by atoms with E-state index in [-0.39, 0.29) is 5.97 Å². The molecule has 0 aliphatic heterocycles. The summed E-state index contributed by atoms with van der Waals surface area (Å²) >= 11 is 0. The lowest BCUT2D eigenvalue weighted by Crippen LogP contribution is -2.33. The predicted molar refractivity (Wildman–Crippen MR) is 72.9 cm³/mol. The Morgan fingerprint density at radius 1 is 1.42 bits per heavy atom. The van der Waals surface area contributed by atoms with E-state index in [1.54, 1.807) is 6.07 Å². The van der Waals surface area contributed by atoms with Gasteiger partial charge in [0.25, 0.3) is 0 Å². The first kappa shape index (κ1) is 14.1. The second kappa shape index (κ2) is 6.24. The molecule has 0 atom stereocenters. The smallest absolute Gasteiger partial charge is 0.341 e. The van der Waals surface area contributed by atoms with Crippen molar-refractivity contribution in [3.63, 3.8) is 0 Å². The van der Waals surface area contributed by atoms with Gasteiger partial charge in [0.2, 0.25) is 0 Å². The lowest BCUT2D eigenvalue weighted by atomic mass is 9.76. The highest BCUT2D eigenvalue weighted by molar-refractivity contribution is 5.88. The van der Waals surface area contributed by atoms with Gasteiger partial charge < -0.3 is 14.5 Å². The first-order valence-electron chi connectivity index (χ1n) is 6.99. The Balaban J connectivity index is 1.79. The molecule has 4 heteroatoms. The summed E-state index contributed by atoms with van der Waals surface area (Å²) in [4.78, 5) is 11.3. The van der Waals surface area contributed by atoms with E-state index in [2.05, 4.69) is 17.0 Å².